The molecule has 7 nitrogen and oxygen atoms in total. The van der Waals surface area contributed by atoms with Crippen LogP contribution in [-0.4, -0.2) is 35.5 Å². The van der Waals surface area contributed by atoms with E-state index in [1.54, 1.807) is 38.5 Å². The fraction of sp³-hybridized carbons (Fsp3) is 0.0513. The number of halogens is 3. The van der Waals surface area contributed by atoms with Gasteiger partial charge >= 0.3 is 0 Å². The third-order valence-electron chi connectivity index (χ3n) is 8.20. The van der Waals surface area contributed by atoms with Gasteiger partial charge in [0.25, 0.3) is 0 Å². The predicted molar refractivity (Wildman–Crippen MR) is 183 cm³/mol. The van der Waals surface area contributed by atoms with Crippen LogP contribution in [0.4, 0.5) is 30.2 Å². The molecule has 242 valence electrons. The molecular formula is C39H27F3N4O3. The Kier molecular flexibility index (Phi) is 8.27. The maximum absolute atomic E-state index is 14.2. The van der Waals surface area contributed by atoms with E-state index in [4.69, 9.17) is 9.47 Å². The van der Waals surface area contributed by atoms with Gasteiger partial charge in [-0.15, -0.1) is 10.2 Å². The Morgan fingerprint density at radius 3 is 1.41 bits per heavy atom. The van der Waals surface area contributed by atoms with Crippen LogP contribution in [-0.2, 0) is 0 Å². The van der Waals surface area contributed by atoms with Gasteiger partial charge in [-0.3, -0.25) is 4.79 Å². The van der Waals surface area contributed by atoms with Crippen LogP contribution in [0.25, 0.3) is 39.0 Å². The van der Waals surface area contributed by atoms with E-state index in [1.807, 2.05) is 84.9 Å². The van der Waals surface area contributed by atoms with Crippen molar-refractivity contribution in [2.75, 3.05) is 19.1 Å². The summed E-state index contributed by atoms with van der Waals surface area (Å²) in [5.41, 5.74) is 7.00. The van der Waals surface area contributed by atoms with Crippen LogP contribution in [0.3, 0.4) is 0 Å². The summed E-state index contributed by atoms with van der Waals surface area (Å²) < 4.78 is 53.0. The van der Waals surface area contributed by atoms with Gasteiger partial charge in [0, 0.05) is 45.9 Å². The van der Waals surface area contributed by atoms with Crippen molar-refractivity contribution in [3.8, 4) is 39.4 Å². The average molecular weight is 657 g/mol. The van der Waals surface area contributed by atoms with Gasteiger partial charge in [-0.25, -0.2) is 13.2 Å². The van der Waals surface area contributed by atoms with Crippen LogP contribution in [0.15, 0.2) is 121 Å². The van der Waals surface area contributed by atoms with Crippen molar-refractivity contribution in [3.05, 3.63) is 144 Å². The molecular weight excluding hydrogens is 629 g/mol. The summed E-state index contributed by atoms with van der Waals surface area (Å²) in [6.45, 7) is 0. The van der Waals surface area contributed by atoms with Gasteiger partial charge in [-0.2, -0.15) is 4.80 Å². The quantitative estimate of drug-likeness (QED) is 0.114. The molecule has 1 heterocycles. The minimum absolute atomic E-state index is 0.0780. The third kappa shape index (κ3) is 5.96. The van der Waals surface area contributed by atoms with E-state index < -0.39 is 17.5 Å². The molecule has 0 saturated carbocycles. The number of ether oxygens (including phenoxy) is 2. The van der Waals surface area contributed by atoms with Gasteiger partial charge in [-0.1, -0.05) is 48.5 Å². The molecule has 0 bridgehead atoms. The lowest BCUT2D eigenvalue weighted by Crippen LogP contribution is -2.09. The first-order valence-corrected chi connectivity index (χ1v) is 15.2. The monoisotopic (exact) mass is 656 g/mol. The SMILES string of the molecule is COc1ccc(N(c2ccc(OC)cc2)c2ccc(-c3ccc(-c4ccc(C=O)cc4)c4nn(-c5cc(F)c(F)c(F)c5)nc34)cc2)cc1. The maximum atomic E-state index is 14.2. The number of aldehydes is 1. The lowest BCUT2D eigenvalue weighted by Gasteiger charge is -2.26. The lowest BCUT2D eigenvalue weighted by molar-refractivity contribution is 0.112. The Hall–Kier alpha value is -6.42. The molecule has 0 aliphatic heterocycles. The fourth-order valence-corrected chi connectivity index (χ4v) is 5.67. The van der Waals surface area contributed by atoms with Crippen molar-refractivity contribution in [1.29, 1.82) is 0 Å². The van der Waals surface area contributed by atoms with Gasteiger partial charge in [0.05, 0.1) is 19.9 Å². The van der Waals surface area contributed by atoms with E-state index in [1.165, 1.54) is 0 Å². The molecule has 1 aromatic heterocycles. The third-order valence-corrected chi connectivity index (χ3v) is 8.20. The first-order chi connectivity index (χ1) is 23.9. The number of benzene rings is 6. The molecule has 10 heteroatoms. The van der Waals surface area contributed by atoms with E-state index >= 15 is 0 Å². The average Bonchev–Trinajstić information content (AvgIpc) is 3.60. The molecule has 0 aliphatic rings. The molecule has 0 N–H and O–H groups in total. The van der Waals surface area contributed by atoms with Gasteiger partial charge in [0.2, 0.25) is 0 Å². The Morgan fingerprint density at radius 1 is 0.592 bits per heavy atom. The van der Waals surface area contributed by atoms with E-state index in [0.717, 1.165) is 62.9 Å². The molecule has 6 aromatic carbocycles. The molecule has 7 aromatic rings. The summed E-state index contributed by atoms with van der Waals surface area (Å²) in [5.74, 6) is -2.80. The second-order valence-corrected chi connectivity index (χ2v) is 11.1. The number of methoxy groups -OCH3 is 2. The lowest BCUT2D eigenvalue weighted by atomic mass is 9.97. The molecule has 0 amide bonds. The Labute approximate surface area is 279 Å². The standard InChI is InChI=1S/C39H27F3N4O3/c1-48-31-15-11-28(12-16-31)45(29-13-17-32(49-2)18-14-29)27-9-7-26(8-10-27)34-20-19-33(25-5-3-24(23-47)4-6-25)38-39(34)44-46(43-38)30-21-35(40)37(42)36(41)22-30/h3-23H,1-2H3. The summed E-state index contributed by atoms with van der Waals surface area (Å²) >= 11 is 0. The molecule has 0 atom stereocenters. The zero-order chi connectivity index (χ0) is 34.1. The largest absolute Gasteiger partial charge is 0.497 e. The van der Waals surface area contributed by atoms with Crippen LogP contribution >= 0.6 is 0 Å². The molecule has 0 saturated heterocycles. The van der Waals surface area contributed by atoms with Crippen LogP contribution in [0.1, 0.15) is 10.4 Å². The number of carbonyl (C=O) groups excluding carboxylic acids is 1. The predicted octanol–water partition coefficient (Wildman–Crippen LogP) is 9.47. The summed E-state index contributed by atoms with van der Waals surface area (Å²) in [6, 6.07) is 35.8. The highest BCUT2D eigenvalue weighted by Crippen LogP contribution is 2.39. The molecule has 0 radical (unpaired) electrons. The second-order valence-electron chi connectivity index (χ2n) is 11.1. The zero-order valence-corrected chi connectivity index (χ0v) is 26.3. The number of aromatic nitrogens is 3. The van der Waals surface area contributed by atoms with Crippen LogP contribution in [0, 0.1) is 17.5 Å². The molecule has 7 rings (SSSR count). The normalized spacial score (nSPS) is 11.0. The van der Waals surface area contributed by atoms with E-state index in [9.17, 15) is 18.0 Å². The molecule has 49 heavy (non-hydrogen) atoms. The van der Waals surface area contributed by atoms with Gasteiger partial charge in [0.1, 0.15) is 28.8 Å². The number of anilines is 3. The Balaban J connectivity index is 1.34. The van der Waals surface area contributed by atoms with Crippen molar-refractivity contribution in [3.63, 3.8) is 0 Å². The molecule has 0 spiro atoms. The first-order valence-electron chi connectivity index (χ1n) is 15.2. The highest BCUT2D eigenvalue weighted by molar-refractivity contribution is 6.00. The first kappa shape index (κ1) is 31.2. The maximum Gasteiger partial charge on any atom is 0.194 e. The second kappa shape index (κ2) is 13.0. The fourth-order valence-electron chi connectivity index (χ4n) is 5.67. The van der Waals surface area contributed by atoms with Crippen LogP contribution in [0.5, 0.6) is 11.5 Å². The zero-order valence-electron chi connectivity index (χ0n) is 26.3. The van der Waals surface area contributed by atoms with Crippen LogP contribution < -0.4 is 14.4 Å². The number of nitrogens with zero attached hydrogens (tertiary/aromatic N) is 4. The Bertz CT molecular complexity index is 2220. The highest BCUT2D eigenvalue weighted by Gasteiger charge is 2.19. The van der Waals surface area contributed by atoms with Crippen molar-refractivity contribution in [2.24, 2.45) is 0 Å². The van der Waals surface area contributed by atoms with E-state index in [-0.39, 0.29) is 5.69 Å². The van der Waals surface area contributed by atoms with Gasteiger partial charge in [0.15, 0.2) is 17.5 Å². The minimum atomic E-state index is -1.57. The summed E-state index contributed by atoms with van der Waals surface area (Å²) in [5, 5.41) is 9.24. The number of carbonyl (C=O) groups is 1. The van der Waals surface area contributed by atoms with E-state index in [2.05, 4.69) is 15.1 Å². The summed E-state index contributed by atoms with van der Waals surface area (Å²) in [7, 11) is 3.24. The smallest absolute Gasteiger partial charge is 0.194 e. The highest BCUT2D eigenvalue weighted by atomic mass is 19.2. The van der Waals surface area contributed by atoms with E-state index in [0.29, 0.717) is 27.7 Å². The van der Waals surface area contributed by atoms with Crippen molar-refractivity contribution >= 4 is 34.4 Å². The van der Waals surface area contributed by atoms with Crippen LogP contribution in [0.2, 0.25) is 0 Å². The minimum Gasteiger partial charge on any atom is -0.497 e. The van der Waals surface area contributed by atoms with Crippen molar-refractivity contribution in [1.82, 2.24) is 15.0 Å². The number of hydrogen-bond acceptors (Lipinski definition) is 6. The number of fused-ring (bicyclic) bond motifs is 1. The molecule has 0 aliphatic carbocycles. The molecule has 0 unspecified atom stereocenters. The number of hydrogen-bond donors (Lipinski definition) is 0. The number of rotatable bonds is 9. The topological polar surface area (TPSA) is 69.5 Å². The van der Waals surface area contributed by atoms with Crippen molar-refractivity contribution in [2.45, 2.75) is 0 Å². The summed E-state index contributed by atoms with van der Waals surface area (Å²) in [6.07, 6.45) is 0.754. The Morgan fingerprint density at radius 2 is 1.00 bits per heavy atom. The molecule has 0 fully saturated rings. The van der Waals surface area contributed by atoms with Gasteiger partial charge < -0.3 is 14.4 Å². The van der Waals surface area contributed by atoms with Crippen molar-refractivity contribution < 1.29 is 27.4 Å². The summed E-state index contributed by atoms with van der Waals surface area (Å²) in [4.78, 5) is 14.4. The van der Waals surface area contributed by atoms with Gasteiger partial charge in [-0.05, 0) is 71.8 Å².